The van der Waals surface area contributed by atoms with Crippen LogP contribution in [0.4, 0.5) is 11.4 Å². The second-order valence-corrected chi connectivity index (χ2v) is 5.83. The van der Waals surface area contributed by atoms with Gasteiger partial charge in [-0.05, 0) is 30.3 Å². The van der Waals surface area contributed by atoms with Crippen molar-refractivity contribution >= 4 is 23.4 Å². The molecular weight excluding hydrogens is 374 g/mol. The largest absolute Gasteiger partial charge is 0.496 e. The number of hydrogen-bond donors (Lipinski definition) is 1. The number of furan rings is 1. The molecule has 8 heteroatoms. The van der Waals surface area contributed by atoms with E-state index in [-0.39, 0.29) is 22.8 Å². The molecule has 3 aromatic rings. The zero-order chi connectivity index (χ0) is 20.8. The summed E-state index contributed by atoms with van der Waals surface area (Å²) in [5.41, 5.74) is 0.825. The molecule has 2 aromatic carbocycles. The summed E-state index contributed by atoms with van der Waals surface area (Å²) in [6, 6.07) is 18.0. The minimum Gasteiger partial charge on any atom is -0.496 e. The first-order chi connectivity index (χ1) is 14.0. The molecular formula is C21H15N3O5. The van der Waals surface area contributed by atoms with Crippen molar-refractivity contribution in [1.82, 2.24) is 0 Å². The lowest BCUT2D eigenvalue weighted by Gasteiger charge is -2.05. The van der Waals surface area contributed by atoms with Gasteiger partial charge in [-0.1, -0.05) is 18.2 Å². The summed E-state index contributed by atoms with van der Waals surface area (Å²) >= 11 is 0. The fourth-order valence-corrected chi connectivity index (χ4v) is 2.58. The summed E-state index contributed by atoms with van der Waals surface area (Å²) in [7, 11) is 1.40. The molecule has 0 aliphatic carbocycles. The normalized spacial score (nSPS) is 10.8. The minimum absolute atomic E-state index is 0.110. The number of nitriles is 1. The number of nitro benzene ring substituents is 1. The van der Waals surface area contributed by atoms with Gasteiger partial charge < -0.3 is 14.5 Å². The number of nitro groups is 1. The SMILES string of the molecule is COc1cc([N+](=O)[O-])ccc1-c1ccc(/C=C(\C#N)C(=O)Nc2ccccc2)o1. The number of carbonyl (C=O) groups is 1. The van der Waals surface area contributed by atoms with Gasteiger partial charge in [0.05, 0.1) is 23.7 Å². The van der Waals surface area contributed by atoms with Gasteiger partial charge in [0.25, 0.3) is 11.6 Å². The van der Waals surface area contributed by atoms with Crippen LogP contribution in [0.25, 0.3) is 17.4 Å². The maximum Gasteiger partial charge on any atom is 0.273 e. The van der Waals surface area contributed by atoms with Crippen LogP contribution in [0.2, 0.25) is 0 Å². The van der Waals surface area contributed by atoms with Crippen molar-refractivity contribution in [2.24, 2.45) is 0 Å². The van der Waals surface area contributed by atoms with E-state index in [1.54, 1.807) is 36.4 Å². The highest BCUT2D eigenvalue weighted by atomic mass is 16.6. The Balaban J connectivity index is 1.86. The van der Waals surface area contributed by atoms with E-state index in [0.29, 0.717) is 17.0 Å². The van der Waals surface area contributed by atoms with Gasteiger partial charge >= 0.3 is 0 Å². The number of rotatable bonds is 6. The molecule has 1 N–H and O–H groups in total. The van der Waals surface area contributed by atoms with Gasteiger partial charge in [0.2, 0.25) is 0 Å². The van der Waals surface area contributed by atoms with Crippen LogP contribution < -0.4 is 10.1 Å². The van der Waals surface area contributed by atoms with E-state index >= 15 is 0 Å². The van der Waals surface area contributed by atoms with Gasteiger partial charge in [0, 0.05) is 17.8 Å². The van der Waals surface area contributed by atoms with E-state index < -0.39 is 10.8 Å². The number of methoxy groups -OCH3 is 1. The second-order valence-electron chi connectivity index (χ2n) is 5.83. The van der Waals surface area contributed by atoms with Crippen molar-refractivity contribution in [3.63, 3.8) is 0 Å². The number of hydrogen-bond acceptors (Lipinski definition) is 6. The van der Waals surface area contributed by atoms with Crippen molar-refractivity contribution in [3.8, 4) is 23.1 Å². The van der Waals surface area contributed by atoms with E-state index in [9.17, 15) is 20.2 Å². The molecule has 0 unspecified atom stereocenters. The van der Waals surface area contributed by atoms with E-state index in [1.807, 2.05) is 12.1 Å². The first-order valence-corrected chi connectivity index (χ1v) is 8.42. The summed E-state index contributed by atoms with van der Waals surface area (Å²) in [5.74, 6) is 0.361. The molecule has 0 fully saturated rings. The molecule has 29 heavy (non-hydrogen) atoms. The van der Waals surface area contributed by atoms with Crippen LogP contribution in [0.3, 0.4) is 0 Å². The molecule has 144 valence electrons. The monoisotopic (exact) mass is 389 g/mol. The first kappa shape index (κ1) is 19.4. The minimum atomic E-state index is -0.565. The number of para-hydroxylation sites is 1. The standard InChI is InChI=1S/C21H15N3O5/c1-28-20-12-16(24(26)27)7-9-18(20)19-10-8-17(29-19)11-14(13-22)21(25)23-15-5-3-2-4-6-15/h2-12H,1H3,(H,23,25)/b14-11+. The lowest BCUT2D eigenvalue weighted by Crippen LogP contribution is -2.13. The molecule has 8 nitrogen and oxygen atoms in total. The predicted octanol–water partition coefficient (Wildman–Crippen LogP) is 4.41. The van der Waals surface area contributed by atoms with Crippen LogP contribution in [-0.2, 0) is 4.79 Å². The highest BCUT2D eigenvalue weighted by Gasteiger charge is 2.16. The van der Waals surface area contributed by atoms with Gasteiger partial charge in [-0.2, -0.15) is 5.26 Å². The topological polar surface area (TPSA) is 118 Å². The molecule has 0 atom stereocenters. The van der Waals surface area contributed by atoms with E-state index in [0.717, 1.165) is 0 Å². The van der Waals surface area contributed by atoms with Crippen molar-refractivity contribution in [3.05, 3.63) is 82.1 Å². The number of non-ortho nitro benzene ring substituents is 1. The third kappa shape index (κ3) is 4.48. The smallest absolute Gasteiger partial charge is 0.273 e. The Hall–Kier alpha value is -4.38. The summed E-state index contributed by atoms with van der Waals surface area (Å²) in [5, 5.41) is 22.9. The zero-order valence-electron chi connectivity index (χ0n) is 15.3. The van der Waals surface area contributed by atoms with E-state index in [2.05, 4.69) is 5.32 Å². The third-order valence-electron chi connectivity index (χ3n) is 3.97. The molecule has 1 heterocycles. The molecule has 1 aromatic heterocycles. The molecule has 0 bridgehead atoms. The quantitative estimate of drug-likeness (QED) is 0.289. The third-order valence-corrected chi connectivity index (χ3v) is 3.97. The van der Waals surface area contributed by atoms with Gasteiger partial charge in [-0.3, -0.25) is 14.9 Å². The molecule has 0 saturated heterocycles. The van der Waals surface area contributed by atoms with Crippen LogP contribution in [0.5, 0.6) is 5.75 Å². The number of ether oxygens (including phenoxy) is 1. The van der Waals surface area contributed by atoms with Crippen molar-refractivity contribution in [1.29, 1.82) is 5.26 Å². The van der Waals surface area contributed by atoms with Gasteiger partial charge in [0.15, 0.2) is 0 Å². The summed E-state index contributed by atoms with van der Waals surface area (Å²) in [6.45, 7) is 0. The maximum absolute atomic E-state index is 12.3. The predicted molar refractivity (Wildman–Crippen MR) is 106 cm³/mol. The van der Waals surface area contributed by atoms with Gasteiger partial charge in [0.1, 0.15) is 28.9 Å². The summed E-state index contributed by atoms with van der Waals surface area (Å²) in [6.07, 6.45) is 1.32. The Morgan fingerprint density at radius 1 is 1.21 bits per heavy atom. The molecule has 0 spiro atoms. The molecule has 0 aliphatic heterocycles. The highest BCUT2D eigenvalue weighted by Crippen LogP contribution is 2.34. The van der Waals surface area contributed by atoms with E-state index in [4.69, 9.17) is 9.15 Å². The van der Waals surface area contributed by atoms with Gasteiger partial charge in [-0.15, -0.1) is 0 Å². The molecule has 3 rings (SSSR count). The Morgan fingerprint density at radius 2 is 1.97 bits per heavy atom. The number of anilines is 1. The molecule has 0 aliphatic rings. The number of nitrogens with one attached hydrogen (secondary N) is 1. The van der Waals surface area contributed by atoms with Crippen molar-refractivity contribution in [2.45, 2.75) is 0 Å². The Labute approximate surface area is 165 Å². The molecule has 0 saturated carbocycles. The van der Waals surface area contributed by atoms with Crippen LogP contribution in [0.15, 0.2) is 70.7 Å². The Bertz CT molecular complexity index is 1130. The average Bonchev–Trinajstić information content (AvgIpc) is 3.20. The first-order valence-electron chi connectivity index (χ1n) is 8.42. The van der Waals surface area contributed by atoms with Crippen LogP contribution in [0, 0.1) is 21.4 Å². The summed E-state index contributed by atoms with van der Waals surface area (Å²) < 4.78 is 10.9. The fraction of sp³-hybridized carbons (Fsp3) is 0.0476. The lowest BCUT2D eigenvalue weighted by atomic mass is 10.1. The van der Waals surface area contributed by atoms with Gasteiger partial charge in [-0.25, -0.2) is 0 Å². The number of amides is 1. The Kier molecular flexibility index (Phi) is 5.71. The van der Waals surface area contributed by atoms with Crippen LogP contribution in [0.1, 0.15) is 5.76 Å². The number of carbonyl (C=O) groups excluding carboxylic acids is 1. The number of benzene rings is 2. The maximum atomic E-state index is 12.3. The van der Waals surface area contributed by atoms with Crippen LogP contribution >= 0.6 is 0 Å². The van der Waals surface area contributed by atoms with Crippen molar-refractivity contribution in [2.75, 3.05) is 12.4 Å². The highest BCUT2D eigenvalue weighted by molar-refractivity contribution is 6.09. The van der Waals surface area contributed by atoms with Crippen molar-refractivity contribution < 1.29 is 18.9 Å². The molecule has 1 amide bonds. The number of nitrogens with zero attached hydrogens (tertiary/aromatic N) is 2. The second kappa shape index (κ2) is 8.54. The Morgan fingerprint density at radius 3 is 2.62 bits per heavy atom. The zero-order valence-corrected chi connectivity index (χ0v) is 15.3. The molecule has 0 radical (unpaired) electrons. The fourth-order valence-electron chi connectivity index (χ4n) is 2.58. The average molecular weight is 389 g/mol. The lowest BCUT2D eigenvalue weighted by molar-refractivity contribution is -0.384. The van der Waals surface area contributed by atoms with Crippen LogP contribution in [-0.4, -0.2) is 17.9 Å². The summed E-state index contributed by atoms with van der Waals surface area (Å²) in [4.78, 5) is 22.7. The van der Waals surface area contributed by atoms with E-state index in [1.165, 1.54) is 31.4 Å².